The van der Waals surface area contributed by atoms with E-state index in [1.54, 1.807) is 0 Å². The number of nitrogens with zero attached hydrogens (tertiary/aromatic N) is 1. The van der Waals surface area contributed by atoms with Crippen LogP contribution in [0.15, 0.2) is 58.3 Å². The second-order valence-corrected chi connectivity index (χ2v) is 6.11. The number of anilines is 1. The first-order chi connectivity index (χ1) is 9.82. The Balaban J connectivity index is 2.39. The molecule has 0 heterocycles. The van der Waals surface area contributed by atoms with Gasteiger partial charge in [0.05, 0.1) is 15.5 Å². The van der Waals surface area contributed by atoms with Gasteiger partial charge in [-0.3, -0.25) is 10.0 Å². The third kappa shape index (κ3) is 3.02. The van der Waals surface area contributed by atoms with Crippen molar-refractivity contribution in [3.63, 3.8) is 0 Å². The fraction of sp³-hybridized carbons (Fsp3) is 0. The van der Waals surface area contributed by atoms with Crippen molar-refractivity contribution in [2.24, 2.45) is 5.73 Å². The van der Waals surface area contributed by atoms with Crippen molar-refractivity contribution >= 4 is 21.4 Å². The Hall–Kier alpha value is -2.42. The van der Waals surface area contributed by atoms with Crippen LogP contribution < -0.4 is 11.0 Å². The van der Waals surface area contributed by atoms with Crippen LogP contribution >= 0.6 is 0 Å². The zero-order chi connectivity index (χ0) is 15.6. The van der Waals surface area contributed by atoms with Gasteiger partial charge in [0, 0.05) is 5.56 Å². The van der Waals surface area contributed by atoms with Gasteiger partial charge in [0.2, 0.25) is 15.7 Å². The number of primary amides is 1. The highest BCUT2D eigenvalue weighted by Crippen LogP contribution is 2.23. The molecule has 110 valence electrons. The van der Waals surface area contributed by atoms with Crippen LogP contribution in [0.5, 0.6) is 0 Å². The Labute approximate surface area is 120 Å². The van der Waals surface area contributed by atoms with Gasteiger partial charge in [0.25, 0.3) is 0 Å². The van der Waals surface area contributed by atoms with Crippen LogP contribution in [-0.2, 0) is 9.84 Å². The summed E-state index contributed by atoms with van der Waals surface area (Å²) in [6, 6.07) is 9.94. The van der Waals surface area contributed by atoms with E-state index in [1.807, 2.05) is 0 Å². The summed E-state index contributed by atoms with van der Waals surface area (Å²) in [4.78, 5) is 10.9. The predicted octanol–water partition coefficient (Wildman–Crippen LogP) is 1.31. The first-order valence-electron chi connectivity index (χ1n) is 5.73. The van der Waals surface area contributed by atoms with Gasteiger partial charge in [-0.05, 0) is 48.5 Å². The molecule has 0 aliphatic carbocycles. The third-order valence-electron chi connectivity index (χ3n) is 2.82. The van der Waals surface area contributed by atoms with E-state index in [0.717, 1.165) is 0 Å². The fourth-order valence-corrected chi connectivity index (χ4v) is 2.95. The monoisotopic (exact) mass is 307 g/mol. The second-order valence-electron chi connectivity index (χ2n) is 4.16. The minimum absolute atomic E-state index is 0.0109. The number of carbonyl (C=O) groups excluding carboxylic acids is 1. The number of sulfone groups is 1. The molecule has 0 fully saturated rings. The Morgan fingerprint density at radius 2 is 1.43 bits per heavy atom. The highest BCUT2D eigenvalue weighted by molar-refractivity contribution is 7.91. The van der Waals surface area contributed by atoms with Crippen LogP contribution in [0.1, 0.15) is 10.4 Å². The van der Waals surface area contributed by atoms with Crippen LogP contribution in [-0.4, -0.2) is 19.5 Å². The molecule has 2 aromatic rings. The van der Waals surface area contributed by atoms with Gasteiger partial charge < -0.3 is 16.2 Å². The topological polar surface area (TPSA) is 124 Å². The van der Waals surface area contributed by atoms with Gasteiger partial charge in [-0.1, -0.05) is 0 Å². The SMILES string of the molecule is NC(=O)c1ccc(S(=O)(=O)c2ccc(N([O-])O)cc2)cc1. The van der Waals surface area contributed by atoms with Crippen molar-refractivity contribution < 1.29 is 18.4 Å². The average Bonchev–Trinajstić information content (AvgIpc) is 2.47. The quantitative estimate of drug-likeness (QED) is 0.821. The number of carbonyl (C=O) groups is 1. The standard InChI is InChI=1S/C13H11N2O5S/c14-13(16)9-1-5-11(6-2-9)21(19,20)12-7-3-10(4-8-12)15(17)18/h1-8,17H,(H2,14,16)/q-1. The fourth-order valence-electron chi connectivity index (χ4n) is 1.69. The molecule has 0 bridgehead atoms. The largest absolute Gasteiger partial charge is 0.733 e. The number of amides is 1. The van der Waals surface area contributed by atoms with Crippen LogP contribution in [0.4, 0.5) is 5.69 Å². The molecule has 8 heteroatoms. The molecular weight excluding hydrogens is 296 g/mol. The smallest absolute Gasteiger partial charge is 0.248 e. The van der Waals surface area contributed by atoms with E-state index in [4.69, 9.17) is 10.9 Å². The molecule has 0 aliphatic heterocycles. The maximum atomic E-state index is 12.3. The van der Waals surface area contributed by atoms with Crippen molar-refractivity contribution in [3.8, 4) is 0 Å². The van der Waals surface area contributed by atoms with Crippen LogP contribution in [0.3, 0.4) is 0 Å². The Morgan fingerprint density at radius 1 is 1.00 bits per heavy atom. The summed E-state index contributed by atoms with van der Waals surface area (Å²) in [7, 11) is -3.78. The molecular formula is C13H11N2O5S-. The molecule has 0 radical (unpaired) electrons. The molecule has 0 saturated carbocycles. The highest BCUT2D eigenvalue weighted by Gasteiger charge is 2.17. The minimum Gasteiger partial charge on any atom is -0.733 e. The number of hydrogen-bond acceptors (Lipinski definition) is 6. The van der Waals surface area contributed by atoms with Gasteiger partial charge in [0.1, 0.15) is 0 Å². The van der Waals surface area contributed by atoms with Crippen molar-refractivity contribution in [1.82, 2.24) is 0 Å². The highest BCUT2D eigenvalue weighted by atomic mass is 32.2. The van der Waals surface area contributed by atoms with Gasteiger partial charge in [-0.25, -0.2) is 8.42 Å². The van der Waals surface area contributed by atoms with Crippen molar-refractivity contribution in [1.29, 1.82) is 0 Å². The summed E-state index contributed by atoms with van der Waals surface area (Å²) in [6.07, 6.45) is 0. The summed E-state index contributed by atoms with van der Waals surface area (Å²) >= 11 is 0. The Bertz CT molecular complexity index is 752. The molecule has 0 spiro atoms. The van der Waals surface area contributed by atoms with E-state index < -0.39 is 15.7 Å². The van der Waals surface area contributed by atoms with Crippen LogP contribution in [0.25, 0.3) is 0 Å². The first-order valence-corrected chi connectivity index (χ1v) is 7.22. The lowest BCUT2D eigenvalue weighted by Gasteiger charge is -2.21. The van der Waals surface area contributed by atoms with Crippen molar-refractivity contribution in [3.05, 3.63) is 59.3 Å². The third-order valence-corrected chi connectivity index (χ3v) is 4.60. The maximum Gasteiger partial charge on any atom is 0.248 e. The van der Waals surface area contributed by atoms with Gasteiger partial charge in [-0.2, -0.15) is 0 Å². The molecule has 3 N–H and O–H groups in total. The molecule has 0 unspecified atom stereocenters. The van der Waals surface area contributed by atoms with Crippen molar-refractivity contribution in [2.45, 2.75) is 9.79 Å². The molecule has 0 aromatic heterocycles. The number of nitrogens with two attached hydrogens (primary N) is 1. The first kappa shape index (κ1) is 15.0. The molecule has 0 aliphatic rings. The van der Waals surface area contributed by atoms with Gasteiger partial charge >= 0.3 is 0 Å². The Morgan fingerprint density at radius 3 is 1.81 bits per heavy atom. The normalized spacial score (nSPS) is 11.1. The van der Waals surface area contributed by atoms with E-state index in [1.165, 1.54) is 48.5 Å². The van der Waals surface area contributed by atoms with E-state index in [-0.39, 0.29) is 26.3 Å². The van der Waals surface area contributed by atoms with E-state index in [2.05, 4.69) is 0 Å². The van der Waals surface area contributed by atoms with E-state index in [9.17, 15) is 18.4 Å². The lowest BCUT2D eigenvalue weighted by Crippen LogP contribution is -2.11. The van der Waals surface area contributed by atoms with Crippen LogP contribution in [0, 0.1) is 5.21 Å². The second kappa shape index (κ2) is 5.52. The number of rotatable bonds is 4. The molecule has 0 atom stereocenters. The lowest BCUT2D eigenvalue weighted by molar-refractivity contribution is 0.1000. The zero-order valence-electron chi connectivity index (χ0n) is 10.6. The van der Waals surface area contributed by atoms with E-state index in [0.29, 0.717) is 0 Å². The molecule has 7 nitrogen and oxygen atoms in total. The summed E-state index contributed by atoms with van der Waals surface area (Å²) in [6.45, 7) is 0. The zero-order valence-corrected chi connectivity index (χ0v) is 11.4. The summed E-state index contributed by atoms with van der Waals surface area (Å²) < 4.78 is 24.7. The summed E-state index contributed by atoms with van der Waals surface area (Å²) in [5.74, 6) is -0.651. The number of benzene rings is 2. The minimum atomic E-state index is -3.78. The summed E-state index contributed by atoms with van der Waals surface area (Å²) in [5.41, 5.74) is 5.20. The maximum absolute atomic E-state index is 12.3. The number of hydrogen-bond donors (Lipinski definition) is 2. The van der Waals surface area contributed by atoms with Crippen molar-refractivity contribution in [2.75, 3.05) is 5.23 Å². The van der Waals surface area contributed by atoms with Crippen LogP contribution in [0.2, 0.25) is 0 Å². The molecule has 2 rings (SSSR count). The average molecular weight is 307 g/mol. The van der Waals surface area contributed by atoms with Gasteiger partial charge in [0.15, 0.2) is 0 Å². The lowest BCUT2D eigenvalue weighted by atomic mass is 10.2. The molecule has 2 aromatic carbocycles. The molecule has 0 saturated heterocycles. The molecule has 21 heavy (non-hydrogen) atoms. The van der Waals surface area contributed by atoms with E-state index >= 15 is 0 Å². The molecule has 1 amide bonds. The Kier molecular flexibility index (Phi) is 3.94. The summed E-state index contributed by atoms with van der Waals surface area (Å²) in [5, 5.41) is 19.0. The van der Waals surface area contributed by atoms with Gasteiger partial charge in [-0.15, -0.1) is 0 Å². The predicted molar refractivity (Wildman–Crippen MR) is 74.5 cm³/mol.